The van der Waals surface area contributed by atoms with E-state index in [4.69, 9.17) is 9.47 Å². The van der Waals surface area contributed by atoms with E-state index in [1.807, 2.05) is 42.5 Å². The van der Waals surface area contributed by atoms with Crippen molar-refractivity contribution in [2.45, 2.75) is 12.8 Å². The number of benzene rings is 2. The van der Waals surface area contributed by atoms with Gasteiger partial charge in [-0.3, -0.25) is 4.79 Å². The van der Waals surface area contributed by atoms with Crippen LogP contribution >= 0.6 is 15.9 Å². The lowest BCUT2D eigenvalue weighted by molar-refractivity contribution is 0.0982. The second-order valence-corrected chi connectivity index (χ2v) is 5.53. The maximum absolute atomic E-state index is 12.1. The molecule has 20 heavy (non-hydrogen) atoms. The van der Waals surface area contributed by atoms with Gasteiger partial charge in [0.1, 0.15) is 0 Å². The number of hydrogen-bond donors (Lipinski definition) is 0. The molecular formula is C16H13BrO3. The molecule has 1 heterocycles. The molecule has 0 aliphatic carbocycles. The zero-order valence-corrected chi connectivity index (χ0v) is 12.4. The van der Waals surface area contributed by atoms with Crippen LogP contribution in [0, 0.1) is 0 Å². The smallest absolute Gasteiger partial charge is 0.231 e. The molecule has 0 radical (unpaired) electrons. The summed E-state index contributed by atoms with van der Waals surface area (Å²) in [5, 5.41) is 0. The Kier molecular flexibility index (Phi) is 3.74. The minimum atomic E-state index is 0.148. The van der Waals surface area contributed by atoms with E-state index in [0.717, 1.165) is 27.1 Å². The molecule has 0 fully saturated rings. The van der Waals surface area contributed by atoms with Gasteiger partial charge in [0.05, 0.1) is 0 Å². The fraction of sp³-hybridized carbons (Fsp3) is 0.188. The summed E-state index contributed by atoms with van der Waals surface area (Å²) < 4.78 is 11.6. The Balaban J connectivity index is 1.64. The molecule has 0 unspecified atom stereocenters. The Morgan fingerprint density at radius 3 is 2.60 bits per heavy atom. The third kappa shape index (κ3) is 2.85. The van der Waals surface area contributed by atoms with E-state index < -0.39 is 0 Å². The van der Waals surface area contributed by atoms with E-state index in [1.54, 1.807) is 0 Å². The summed E-state index contributed by atoms with van der Waals surface area (Å²) >= 11 is 3.36. The monoisotopic (exact) mass is 332 g/mol. The van der Waals surface area contributed by atoms with Crippen LogP contribution in [0.3, 0.4) is 0 Å². The molecule has 0 amide bonds. The molecule has 2 aromatic carbocycles. The standard InChI is InChI=1S/C16H13BrO3/c17-13-5-3-12(4-6-13)14(18)7-1-11-2-8-15-16(9-11)20-10-19-15/h2-6,8-9H,1,7,10H2. The topological polar surface area (TPSA) is 35.5 Å². The number of fused-ring (bicyclic) bond motifs is 1. The molecule has 0 N–H and O–H groups in total. The first-order chi connectivity index (χ1) is 9.72. The number of halogens is 1. The van der Waals surface area contributed by atoms with Gasteiger partial charge in [-0.25, -0.2) is 0 Å². The Labute approximate surface area is 125 Å². The summed E-state index contributed by atoms with van der Waals surface area (Å²) in [6.07, 6.45) is 1.19. The fourth-order valence-electron chi connectivity index (χ4n) is 2.13. The quantitative estimate of drug-likeness (QED) is 0.794. The summed E-state index contributed by atoms with van der Waals surface area (Å²) in [6.45, 7) is 0.274. The van der Waals surface area contributed by atoms with Crippen molar-refractivity contribution >= 4 is 21.7 Å². The molecule has 3 rings (SSSR count). The van der Waals surface area contributed by atoms with Crippen LogP contribution in [-0.4, -0.2) is 12.6 Å². The van der Waals surface area contributed by atoms with Crippen LogP contribution in [0.25, 0.3) is 0 Å². The highest BCUT2D eigenvalue weighted by Crippen LogP contribution is 2.32. The second kappa shape index (κ2) is 5.67. The van der Waals surface area contributed by atoms with Crippen LogP contribution in [0.2, 0.25) is 0 Å². The molecule has 0 aromatic heterocycles. The minimum Gasteiger partial charge on any atom is -0.454 e. The number of carbonyl (C=O) groups is 1. The van der Waals surface area contributed by atoms with Crippen molar-refractivity contribution in [3.8, 4) is 11.5 Å². The first-order valence-electron chi connectivity index (χ1n) is 6.40. The minimum absolute atomic E-state index is 0.148. The van der Waals surface area contributed by atoms with Gasteiger partial charge in [0.2, 0.25) is 6.79 Å². The SMILES string of the molecule is O=C(CCc1ccc2c(c1)OCO2)c1ccc(Br)cc1. The highest BCUT2D eigenvalue weighted by Gasteiger charge is 2.14. The van der Waals surface area contributed by atoms with Crippen LogP contribution in [-0.2, 0) is 6.42 Å². The van der Waals surface area contributed by atoms with E-state index in [0.29, 0.717) is 12.8 Å². The van der Waals surface area contributed by atoms with Crippen molar-refractivity contribution in [1.82, 2.24) is 0 Å². The number of hydrogen-bond acceptors (Lipinski definition) is 3. The molecule has 2 aromatic rings. The molecule has 1 aliphatic heterocycles. The number of Topliss-reactive ketones (excluding diaryl/α,β-unsaturated/α-hetero) is 1. The van der Waals surface area contributed by atoms with Gasteiger partial charge in [-0.1, -0.05) is 34.1 Å². The van der Waals surface area contributed by atoms with Crippen molar-refractivity contribution in [3.05, 3.63) is 58.1 Å². The summed E-state index contributed by atoms with van der Waals surface area (Å²) in [5.41, 5.74) is 1.83. The highest BCUT2D eigenvalue weighted by molar-refractivity contribution is 9.10. The number of aryl methyl sites for hydroxylation is 1. The third-order valence-electron chi connectivity index (χ3n) is 3.24. The molecule has 4 heteroatoms. The Morgan fingerprint density at radius 2 is 1.80 bits per heavy atom. The maximum Gasteiger partial charge on any atom is 0.231 e. The molecule has 1 aliphatic rings. The fourth-order valence-corrected chi connectivity index (χ4v) is 2.40. The maximum atomic E-state index is 12.1. The van der Waals surface area contributed by atoms with E-state index in [2.05, 4.69) is 15.9 Å². The van der Waals surface area contributed by atoms with Gasteiger partial charge in [-0.15, -0.1) is 0 Å². The van der Waals surface area contributed by atoms with Crippen LogP contribution < -0.4 is 9.47 Å². The van der Waals surface area contributed by atoms with E-state index in [-0.39, 0.29) is 12.6 Å². The number of rotatable bonds is 4. The highest BCUT2D eigenvalue weighted by atomic mass is 79.9. The molecule has 0 saturated carbocycles. The van der Waals surface area contributed by atoms with Crippen molar-refractivity contribution in [2.24, 2.45) is 0 Å². The van der Waals surface area contributed by atoms with E-state index in [1.165, 1.54) is 0 Å². The Bertz CT molecular complexity index is 635. The number of ether oxygens (including phenoxy) is 2. The van der Waals surface area contributed by atoms with Crippen LogP contribution in [0.15, 0.2) is 46.9 Å². The van der Waals surface area contributed by atoms with Gasteiger partial charge >= 0.3 is 0 Å². The third-order valence-corrected chi connectivity index (χ3v) is 3.77. The molecule has 0 bridgehead atoms. The van der Waals surface area contributed by atoms with E-state index in [9.17, 15) is 4.79 Å². The van der Waals surface area contributed by atoms with Crippen molar-refractivity contribution in [1.29, 1.82) is 0 Å². The lowest BCUT2D eigenvalue weighted by Crippen LogP contribution is -2.01. The predicted molar refractivity (Wildman–Crippen MR) is 79.4 cm³/mol. The van der Waals surface area contributed by atoms with Gasteiger partial charge in [0, 0.05) is 16.5 Å². The normalized spacial score (nSPS) is 12.4. The molecule has 0 saturated heterocycles. The van der Waals surface area contributed by atoms with Gasteiger partial charge in [0.25, 0.3) is 0 Å². The van der Waals surface area contributed by atoms with Crippen molar-refractivity contribution in [3.63, 3.8) is 0 Å². The zero-order valence-electron chi connectivity index (χ0n) is 10.8. The Hall–Kier alpha value is -1.81. The lowest BCUT2D eigenvalue weighted by atomic mass is 10.0. The molecule has 3 nitrogen and oxygen atoms in total. The van der Waals surface area contributed by atoms with Gasteiger partial charge in [-0.2, -0.15) is 0 Å². The van der Waals surface area contributed by atoms with Gasteiger partial charge in [0.15, 0.2) is 17.3 Å². The number of ketones is 1. The summed E-state index contributed by atoms with van der Waals surface area (Å²) in [4.78, 5) is 12.1. The van der Waals surface area contributed by atoms with Gasteiger partial charge in [-0.05, 0) is 36.2 Å². The van der Waals surface area contributed by atoms with Crippen LogP contribution in [0.4, 0.5) is 0 Å². The lowest BCUT2D eigenvalue weighted by Gasteiger charge is -2.03. The molecule has 102 valence electrons. The van der Waals surface area contributed by atoms with Crippen LogP contribution in [0.5, 0.6) is 11.5 Å². The predicted octanol–water partition coefficient (Wildman–Crippen LogP) is 3.99. The first kappa shape index (κ1) is 13.2. The molecule has 0 spiro atoms. The summed E-state index contributed by atoms with van der Waals surface area (Å²) in [5.74, 6) is 1.68. The summed E-state index contributed by atoms with van der Waals surface area (Å²) in [7, 11) is 0. The Morgan fingerprint density at radius 1 is 1.05 bits per heavy atom. The average molecular weight is 333 g/mol. The van der Waals surface area contributed by atoms with Crippen molar-refractivity contribution < 1.29 is 14.3 Å². The van der Waals surface area contributed by atoms with Gasteiger partial charge < -0.3 is 9.47 Å². The summed E-state index contributed by atoms with van der Waals surface area (Å²) in [6, 6.07) is 13.3. The second-order valence-electron chi connectivity index (χ2n) is 4.62. The van der Waals surface area contributed by atoms with Crippen LogP contribution in [0.1, 0.15) is 22.3 Å². The van der Waals surface area contributed by atoms with Crippen molar-refractivity contribution in [2.75, 3.05) is 6.79 Å². The number of carbonyl (C=O) groups excluding carboxylic acids is 1. The zero-order chi connectivity index (χ0) is 13.9. The molecular weight excluding hydrogens is 320 g/mol. The van der Waals surface area contributed by atoms with E-state index >= 15 is 0 Å². The molecule has 0 atom stereocenters. The first-order valence-corrected chi connectivity index (χ1v) is 7.19. The average Bonchev–Trinajstić information content (AvgIpc) is 2.93. The largest absolute Gasteiger partial charge is 0.454 e.